The Kier molecular flexibility index (Phi) is 3.34. The van der Waals surface area contributed by atoms with Gasteiger partial charge in [-0.15, -0.1) is 5.16 Å². The van der Waals surface area contributed by atoms with Crippen molar-refractivity contribution in [2.75, 3.05) is 6.61 Å². The monoisotopic (exact) mass is 251 g/mol. The lowest BCUT2D eigenvalue weighted by Crippen LogP contribution is -2.40. The Morgan fingerprint density at radius 3 is 2.37 bits per heavy atom. The smallest absolute Gasteiger partial charge is 0.426 e. The minimum absolute atomic E-state index is 0.409. The highest BCUT2D eigenvalue weighted by atomic mass is 16.7. The van der Waals surface area contributed by atoms with E-state index >= 15 is 0 Å². The van der Waals surface area contributed by atoms with Gasteiger partial charge in [0, 0.05) is 5.56 Å². The predicted molar refractivity (Wildman–Crippen MR) is 76.6 cm³/mol. The number of hydrogen-bond acceptors (Lipinski definition) is 3. The van der Waals surface area contributed by atoms with Crippen LogP contribution in [0.2, 0.25) is 0 Å². The van der Waals surface area contributed by atoms with E-state index in [1.165, 1.54) is 5.56 Å². The van der Waals surface area contributed by atoms with Gasteiger partial charge in [-0.3, -0.25) is 0 Å². The first-order valence-electron chi connectivity index (χ1n) is 6.29. The molecule has 0 spiro atoms. The van der Waals surface area contributed by atoms with Gasteiger partial charge in [-0.25, -0.2) is 0 Å². The van der Waals surface area contributed by atoms with Gasteiger partial charge in [-0.1, -0.05) is 60.2 Å². The Morgan fingerprint density at radius 1 is 1.00 bits per heavy atom. The zero-order valence-corrected chi connectivity index (χ0v) is 10.7. The number of oxime groups is 1. The molecular formula is C15H14BNO2. The first-order valence-corrected chi connectivity index (χ1v) is 6.29. The zero-order chi connectivity index (χ0) is 13.1. The van der Waals surface area contributed by atoms with Gasteiger partial charge in [0.1, 0.15) is 5.71 Å². The average molecular weight is 251 g/mol. The zero-order valence-electron chi connectivity index (χ0n) is 10.7. The van der Waals surface area contributed by atoms with Gasteiger partial charge in [0.25, 0.3) is 0 Å². The van der Waals surface area contributed by atoms with Crippen LogP contribution in [-0.2, 0) is 9.41 Å². The molecule has 94 valence electrons. The van der Waals surface area contributed by atoms with Crippen molar-refractivity contribution in [1.82, 2.24) is 0 Å². The number of hydrogen-bond donors (Lipinski definition) is 0. The summed E-state index contributed by atoms with van der Waals surface area (Å²) in [7, 11) is -0.409. The van der Waals surface area contributed by atoms with Gasteiger partial charge < -0.3 is 9.41 Å². The van der Waals surface area contributed by atoms with Crippen LogP contribution in [0.15, 0.2) is 59.8 Å². The van der Waals surface area contributed by atoms with Crippen molar-refractivity contribution in [2.24, 2.45) is 5.16 Å². The van der Waals surface area contributed by atoms with Gasteiger partial charge in [0.05, 0.1) is 6.61 Å². The molecule has 3 nitrogen and oxygen atoms in total. The van der Waals surface area contributed by atoms with Crippen LogP contribution >= 0.6 is 0 Å². The van der Waals surface area contributed by atoms with Crippen molar-refractivity contribution < 1.29 is 9.41 Å². The predicted octanol–water partition coefficient (Wildman–Crippen LogP) is 2.14. The molecule has 0 fully saturated rings. The highest BCUT2D eigenvalue weighted by Crippen LogP contribution is 2.08. The summed E-state index contributed by atoms with van der Waals surface area (Å²) < 4.78 is 11.2. The molecule has 0 amide bonds. The van der Waals surface area contributed by atoms with Crippen LogP contribution in [0.25, 0.3) is 0 Å². The third kappa shape index (κ3) is 2.69. The normalized spacial score (nSPS) is 14.8. The molecule has 0 unspecified atom stereocenters. The van der Waals surface area contributed by atoms with E-state index in [2.05, 4.69) is 12.1 Å². The number of benzene rings is 2. The lowest BCUT2D eigenvalue weighted by Gasteiger charge is -2.19. The fraction of sp³-hybridized carbons (Fsp3) is 0.133. The molecule has 1 heterocycles. The maximum Gasteiger partial charge on any atom is 0.585 e. The Hall–Kier alpha value is -2.07. The Labute approximate surface area is 113 Å². The largest absolute Gasteiger partial charge is 0.585 e. The molecule has 19 heavy (non-hydrogen) atoms. The molecule has 0 aromatic heterocycles. The summed E-state index contributed by atoms with van der Waals surface area (Å²) in [6.45, 7) is 2.51. The summed E-state index contributed by atoms with van der Waals surface area (Å²) in [5, 5.41) is 4.17. The van der Waals surface area contributed by atoms with Crippen molar-refractivity contribution in [3.05, 3.63) is 65.7 Å². The summed E-state index contributed by atoms with van der Waals surface area (Å²) in [5.74, 6) is 0. The van der Waals surface area contributed by atoms with Gasteiger partial charge in [0.2, 0.25) is 0 Å². The number of nitrogens with zero attached hydrogens (tertiary/aromatic N) is 1. The summed E-state index contributed by atoms with van der Waals surface area (Å²) in [4.78, 5) is 0. The minimum atomic E-state index is -0.409. The quantitative estimate of drug-likeness (QED) is 0.765. The summed E-state index contributed by atoms with van der Waals surface area (Å²) in [5.41, 5.74) is 4.06. The summed E-state index contributed by atoms with van der Waals surface area (Å²) in [6.07, 6.45) is 0. The van der Waals surface area contributed by atoms with Crippen LogP contribution in [0.3, 0.4) is 0 Å². The van der Waals surface area contributed by atoms with Crippen molar-refractivity contribution in [2.45, 2.75) is 6.92 Å². The maximum absolute atomic E-state index is 5.72. The van der Waals surface area contributed by atoms with E-state index in [1.54, 1.807) is 0 Å². The van der Waals surface area contributed by atoms with E-state index in [0.29, 0.717) is 6.61 Å². The van der Waals surface area contributed by atoms with Crippen molar-refractivity contribution >= 4 is 18.3 Å². The lowest BCUT2D eigenvalue weighted by molar-refractivity contribution is 0.214. The molecule has 0 N–H and O–H groups in total. The van der Waals surface area contributed by atoms with Crippen LogP contribution in [0.5, 0.6) is 0 Å². The molecule has 0 atom stereocenters. The minimum Gasteiger partial charge on any atom is -0.426 e. The van der Waals surface area contributed by atoms with Gasteiger partial charge in [-0.2, -0.15) is 0 Å². The summed E-state index contributed by atoms with van der Waals surface area (Å²) in [6, 6.07) is 18.0. The molecule has 2 aromatic carbocycles. The third-order valence-electron chi connectivity index (χ3n) is 3.09. The Bertz CT molecular complexity index is 581. The number of aryl methyl sites for hydroxylation is 1. The van der Waals surface area contributed by atoms with Crippen molar-refractivity contribution in [3.8, 4) is 0 Å². The molecule has 4 heteroatoms. The van der Waals surface area contributed by atoms with Crippen LogP contribution in [0.4, 0.5) is 0 Å². The molecule has 3 rings (SSSR count). The van der Waals surface area contributed by atoms with E-state index in [-0.39, 0.29) is 0 Å². The van der Waals surface area contributed by atoms with Gasteiger partial charge in [0.15, 0.2) is 0 Å². The van der Waals surface area contributed by atoms with Gasteiger partial charge >= 0.3 is 7.12 Å². The first kappa shape index (κ1) is 12.0. The van der Waals surface area contributed by atoms with Gasteiger partial charge in [-0.05, 0) is 12.4 Å². The highest BCUT2D eigenvalue weighted by Gasteiger charge is 2.28. The second-order valence-corrected chi connectivity index (χ2v) is 4.56. The molecule has 0 saturated heterocycles. The molecule has 0 radical (unpaired) electrons. The average Bonchev–Trinajstić information content (AvgIpc) is 2.49. The second-order valence-electron chi connectivity index (χ2n) is 4.56. The molecule has 0 saturated carbocycles. The molecule has 2 aromatic rings. The van der Waals surface area contributed by atoms with E-state index in [9.17, 15) is 0 Å². The fourth-order valence-corrected chi connectivity index (χ4v) is 1.97. The van der Waals surface area contributed by atoms with Crippen LogP contribution in [-0.4, -0.2) is 19.4 Å². The van der Waals surface area contributed by atoms with E-state index in [4.69, 9.17) is 9.41 Å². The van der Waals surface area contributed by atoms with Crippen LogP contribution in [0.1, 0.15) is 11.1 Å². The van der Waals surface area contributed by atoms with Crippen LogP contribution < -0.4 is 5.46 Å². The maximum atomic E-state index is 5.72. The first-order chi connectivity index (χ1) is 9.33. The van der Waals surface area contributed by atoms with Crippen LogP contribution in [0, 0.1) is 6.92 Å². The lowest BCUT2D eigenvalue weighted by atomic mass is 9.78. The molecular weight excluding hydrogens is 237 g/mol. The summed E-state index contributed by atoms with van der Waals surface area (Å²) >= 11 is 0. The van der Waals surface area contributed by atoms with E-state index < -0.39 is 7.12 Å². The Balaban J connectivity index is 1.75. The van der Waals surface area contributed by atoms with Crippen molar-refractivity contribution in [1.29, 1.82) is 0 Å². The van der Waals surface area contributed by atoms with E-state index in [0.717, 1.165) is 16.7 Å². The highest BCUT2D eigenvalue weighted by molar-refractivity contribution is 6.61. The topological polar surface area (TPSA) is 30.8 Å². The fourth-order valence-electron chi connectivity index (χ4n) is 1.97. The standard InChI is InChI=1S/C15H14BNO2/c1-12-7-9-14(10-8-12)16-18-11-15(17-19-16)13-5-3-2-4-6-13/h2-10H,11H2,1H3. The third-order valence-corrected chi connectivity index (χ3v) is 3.09. The molecule has 1 aliphatic heterocycles. The SMILES string of the molecule is Cc1ccc(B2OCC(c3ccccc3)=NO2)cc1. The molecule has 0 aliphatic carbocycles. The second kappa shape index (κ2) is 5.28. The Morgan fingerprint density at radius 2 is 1.74 bits per heavy atom. The molecule has 1 aliphatic rings. The molecule has 0 bridgehead atoms. The van der Waals surface area contributed by atoms with Crippen molar-refractivity contribution in [3.63, 3.8) is 0 Å². The van der Waals surface area contributed by atoms with E-state index in [1.807, 2.05) is 54.6 Å². The number of rotatable bonds is 2.